The highest BCUT2D eigenvalue weighted by Crippen LogP contribution is 2.41. The van der Waals surface area contributed by atoms with Gasteiger partial charge in [0.1, 0.15) is 17.2 Å². The molecule has 3 aromatic carbocycles. The summed E-state index contributed by atoms with van der Waals surface area (Å²) in [7, 11) is 0. The minimum Gasteiger partial charge on any atom is -0.444 e. The molecule has 1 aliphatic carbocycles. The van der Waals surface area contributed by atoms with E-state index in [1.54, 1.807) is 0 Å². The van der Waals surface area contributed by atoms with Crippen LogP contribution in [0.15, 0.2) is 48.7 Å². The van der Waals surface area contributed by atoms with Crippen molar-refractivity contribution in [3.05, 3.63) is 71.4 Å². The van der Waals surface area contributed by atoms with Crippen LogP contribution in [0.1, 0.15) is 115 Å². The van der Waals surface area contributed by atoms with Crippen molar-refractivity contribution in [2.75, 3.05) is 0 Å². The first-order valence-electron chi connectivity index (χ1n) is 18.0. The van der Waals surface area contributed by atoms with Crippen LogP contribution in [-0.2, 0) is 17.6 Å². The number of rotatable bonds is 4. The molecule has 4 atom stereocenters. The number of aromatic amines is 2. The van der Waals surface area contributed by atoms with Gasteiger partial charge < -0.3 is 20.0 Å². The Hall–Kier alpha value is -4.17. The normalized spacial score (nSPS) is 22.3. The smallest absolute Gasteiger partial charge is 0.411 e. The van der Waals surface area contributed by atoms with E-state index >= 15 is 0 Å². The Bertz CT molecular complexity index is 1970. The minimum absolute atomic E-state index is 0.101. The van der Waals surface area contributed by atoms with Crippen molar-refractivity contribution in [2.45, 2.75) is 123 Å². The van der Waals surface area contributed by atoms with Crippen molar-refractivity contribution in [1.29, 1.82) is 0 Å². The fourth-order valence-corrected chi connectivity index (χ4v) is 8.04. The van der Waals surface area contributed by atoms with Crippen LogP contribution in [0.25, 0.3) is 44.2 Å². The number of nitrogens with zero attached hydrogens (tertiary/aromatic N) is 3. The van der Waals surface area contributed by atoms with Gasteiger partial charge in [-0.25, -0.2) is 14.8 Å². The van der Waals surface area contributed by atoms with Gasteiger partial charge in [0.05, 0.1) is 35.0 Å². The van der Waals surface area contributed by atoms with Gasteiger partial charge in [0.25, 0.3) is 0 Å². The first-order chi connectivity index (χ1) is 23.1. The van der Waals surface area contributed by atoms with E-state index in [-0.39, 0.29) is 18.2 Å². The number of likely N-dealkylation sites (tertiary alicyclic amines) is 1. The first-order valence-corrected chi connectivity index (χ1v) is 18.0. The topological polar surface area (TPSA) is 98.9 Å². The molecule has 3 N–H and O–H groups in total. The van der Waals surface area contributed by atoms with Crippen molar-refractivity contribution in [3.8, 4) is 22.4 Å². The molecule has 8 rings (SSSR count). The predicted octanol–water partition coefficient (Wildman–Crippen LogP) is 9.56. The zero-order valence-corrected chi connectivity index (χ0v) is 29.5. The van der Waals surface area contributed by atoms with Crippen LogP contribution >= 0.6 is 0 Å². The van der Waals surface area contributed by atoms with Crippen molar-refractivity contribution >= 4 is 27.9 Å². The number of H-pyrrole nitrogens is 2. The second-order valence-electron chi connectivity index (χ2n) is 14.7. The lowest BCUT2D eigenvalue weighted by molar-refractivity contribution is 0.0152. The van der Waals surface area contributed by atoms with Crippen molar-refractivity contribution in [3.63, 3.8) is 0 Å². The summed E-state index contributed by atoms with van der Waals surface area (Å²) in [4.78, 5) is 32.1. The van der Waals surface area contributed by atoms with Crippen LogP contribution in [-0.4, -0.2) is 48.6 Å². The molecule has 4 unspecified atom stereocenters. The molecule has 2 fully saturated rings. The van der Waals surface area contributed by atoms with Crippen LogP contribution in [0.3, 0.4) is 0 Å². The minimum atomic E-state index is -0.541. The Balaban J connectivity index is 0.00000179. The standard InChI is InChI=1S/C38H44N6O2.C2H6/c1-21-9-16-31(40-21)35-39-20-32(42-35)29-15-14-25(27-7-6-8-28(27)29)23-11-13-26-24(19-23)12-17-30-34(26)43-36(41-30)33-18-10-22(2)44(33)37(45)46-38(3,4)5;1-2/h11-15,17,19-22,31,33,40H,6-10,16,18H2,1-5H3,(H,39,42)(H,41,43);1-2H3. The quantitative estimate of drug-likeness (QED) is 0.181. The highest BCUT2D eigenvalue weighted by molar-refractivity contribution is 6.05. The summed E-state index contributed by atoms with van der Waals surface area (Å²) < 4.78 is 5.77. The predicted molar refractivity (Wildman–Crippen MR) is 194 cm³/mol. The maximum absolute atomic E-state index is 13.2. The Kier molecular flexibility index (Phi) is 8.56. The number of carbonyl (C=O) groups excluding carboxylic acids is 1. The second-order valence-corrected chi connectivity index (χ2v) is 14.7. The van der Waals surface area contributed by atoms with Crippen LogP contribution < -0.4 is 5.32 Å². The third-order valence-electron chi connectivity index (χ3n) is 10.3. The largest absolute Gasteiger partial charge is 0.444 e. The molecule has 3 aliphatic rings. The van der Waals surface area contributed by atoms with E-state index in [1.807, 2.05) is 45.7 Å². The lowest BCUT2D eigenvalue weighted by Crippen LogP contribution is -2.40. The molecule has 0 saturated carbocycles. The van der Waals surface area contributed by atoms with Gasteiger partial charge in [0.2, 0.25) is 0 Å². The molecule has 5 aromatic rings. The number of fused-ring (bicyclic) bond motifs is 4. The Morgan fingerprint density at radius 2 is 1.67 bits per heavy atom. The maximum Gasteiger partial charge on any atom is 0.411 e. The SMILES string of the molecule is CC.CC1CCC(c2ncc(-c3ccc(-c4ccc5c(ccc6[nH]c(C7CCC(C)N7C(=O)OC(C)(C)C)nc65)c4)c4c3CCC4)[nH]2)N1. The molecule has 0 spiro atoms. The van der Waals surface area contributed by atoms with Gasteiger partial charge in [0, 0.05) is 23.0 Å². The summed E-state index contributed by atoms with van der Waals surface area (Å²) in [5.74, 6) is 1.88. The fourth-order valence-electron chi connectivity index (χ4n) is 8.04. The molecule has 2 aromatic heterocycles. The third kappa shape index (κ3) is 5.89. The monoisotopic (exact) mass is 646 g/mol. The molecule has 2 saturated heterocycles. The number of hydrogen-bond donors (Lipinski definition) is 3. The summed E-state index contributed by atoms with van der Waals surface area (Å²) in [5, 5.41) is 5.94. The molecule has 0 radical (unpaired) electrons. The number of ether oxygens (including phenoxy) is 1. The zero-order chi connectivity index (χ0) is 33.7. The average Bonchev–Trinajstić information content (AvgIpc) is 3.90. The zero-order valence-electron chi connectivity index (χ0n) is 29.5. The van der Waals surface area contributed by atoms with Crippen LogP contribution in [0.2, 0.25) is 0 Å². The summed E-state index contributed by atoms with van der Waals surface area (Å²) in [6.07, 6.45) is 9.21. The number of amides is 1. The van der Waals surface area contributed by atoms with Gasteiger partial charge in [-0.1, -0.05) is 44.2 Å². The van der Waals surface area contributed by atoms with Crippen molar-refractivity contribution in [2.24, 2.45) is 0 Å². The number of imidazole rings is 2. The van der Waals surface area contributed by atoms with Gasteiger partial charge in [-0.2, -0.15) is 0 Å². The fraction of sp³-hybridized carbons (Fsp3) is 0.475. The van der Waals surface area contributed by atoms with E-state index < -0.39 is 5.60 Å². The van der Waals surface area contributed by atoms with Gasteiger partial charge in [0.15, 0.2) is 0 Å². The van der Waals surface area contributed by atoms with E-state index in [9.17, 15) is 4.79 Å². The van der Waals surface area contributed by atoms with Gasteiger partial charge in [-0.15, -0.1) is 0 Å². The van der Waals surface area contributed by atoms with Gasteiger partial charge >= 0.3 is 6.09 Å². The van der Waals surface area contributed by atoms with E-state index in [2.05, 4.69) is 71.6 Å². The van der Waals surface area contributed by atoms with E-state index in [0.717, 1.165) is 65.9 Å². The number of nitrogens with one attached hydrogen (secondary N) is 3. The number of benzene rings is 3. The number of aromatic nitrogens is 4. The highest BCUT2D eigenvalue weighted by atomic mass is 16.6. The molecule has 252 valence electrons. The van der Waals surface area contributed by atoms with E-state index in [0.29, 0.717) is 12.1 Å². The van der Waals surface area contributed by atoms with E-state index in [1.165, 1.54) is 46.0 Å². The Morgan fingerprint density at radius 3 is 2.42 bits per heavy atom. The molecular formula is C40H50N6O2. The number of hydrogen-bond acceptors (Lipinski definition) is 5. The third-order valence-corrected chi connectivity index (χ3v) is 10.3. The average molecular weight is 647 g/mol. The molecule has 48 heavy (non-hydrogen) atoms. The lowest BCUT2D eigenvalue weighted by atomic mass is 9.91. The molecule has 8 heteroatoms. The second kappa shape index (κ2) is 12.7. The van der Waals surface area contributed by atoms with E-state index in [4.69, 9.17) is 14.7 Å². The summed E-state index contributed by atoms with van der Waals surface area (Å²) in [6.45, 7) is 14.1. The van der Waals surface area contributed by atoms with Crippen molar-refractivity contribution < 1.29 is 9.53 Å². The first kappa shape index (κ1) is 32.4. The molecule has 4 heterocycles. The van der Waals surface area contributed by atoms with Gasteiger partial charge in [-0.05, 0) is 119 Å². The summed E-state index contributed by atoms with van der Waals surface area (Å²) in [6, 6.07) is 16.5. The maximum atomic E-state index is 13.2. The molecule has 0 bridgehead atoms. The van der Waals surface area contributed by atoms with Crippen molar-refractivity contribution in [1.82, 2.24) is 30.2 Å². The molecular weight excluding hydrogens is 596 g/mol. The lowest BCUT2D eigenvalue weighted by Gasteiger charge is -2.30. The van der Waals surface area contributed by atoms with Crippen LogP contribution in [0.4, 0.5) is 4.79 Å². The number of carbonyl (C=O) groups is 1. The van der Waals surface area contributed by atoms with Gasteiger partial charge in [-0.3, -0.25) is 4.90 Å². The van der Waals surface area contributed by atoms with Crippen LogP contribution in [0.5, 0.6) is 0 Å². The molecule has 8 nitrogen and oxygen atoms in total. The summed E-state index contributed by atoms with van der Waals surface area (Å²) >= 11 is 0. The molecule has 2 aliphatic heterocycles. The molecule has 1 amide bonds. The van der Waals surface area contributed by atoms with Crippen LogP contribution in [0, 0.1) is 0 Å². The Morgan fingerprint density at radius 1 is 0.896 bits per heavy atom. The highest BCUT2D eigenvalue weighted by Gasteiger charge is 2.39. The summed E-state index contributed by atoms with van der Waals surface area (Å²) in [5.41, 5.74) is 9.28. The Labute approximate surface area is 284 Å².